The van der Waals surface area contributed by atoms with E-state index in [4.69, 9.17) is 11.6 Å². The van der Waals surface area contributed by atoms with Crippen LogP contribution in [0.3, 0.4) is 0 Å². The molecule has 0 bridgehead atoms. The molecular formula is C14H12ClF. The van der Waals surface area contributed by atoms with E-state index in [-0.39, 0.29) is 10.8 Å². The highest BCUT2D eigenvalue weighted by molar-refractivity contribution is 6.31. The van der Waals surface area contributed by atoms with Crippen LogP contribution < -0.4 is 0 Å². The van der Waals surface area contributed by atoms with Crippen LogP contribution in [0.25, 0.3) is 11.1 Å². The first-order chi connectivity index (χ1) is 7.59. The van der Waals surface area contributed by atoms with E-state index < -0.39 is 0 Å². The molecule has 0 radical (unpaired) electrons. The second-order valence-corrected chi connectivity index (χ2v) is 4.31. The fourth-order valence-corrected chi connectivity index (χ4v) is 1.85. The molecule has 0 nitrogen and oxygen atoms in total. The summed E-state index contributed by atoms with van der Waals surface area (Å²) in [4.78, 5) is 0. The molecule has 2 rings (SSSR count). The van der Waals surface area contributed by atoms with E-state index in [1.807, 2.05) is 37.3 Å². The van der Waals surface area contributed by atoms with Crippen LogP contribution >= 0.6 is 11.6 Å². The topological polar surface area (TPSA) is 0 Å². The molecule has 0 fully saturated rings. The lowest BCUT2D eigenvalue weighted by Gasteiger charge is -2.07. The van der Waals surface area contributed by atoms with Gasteiger partial charge in [-0.2, -0.15) is 0 Å². The lowest BCUT2D eigenvalue weighted by Crippen LogP contribution is -1.88. The Hall–Kier alpha value is -1.34. The Kier molecular flexibility index (Phi) is 2.97. The van der Waals surface area contributed by atoms with E-state index in [9.17, 15) is 4.39 Å². The Balaban J connectivity index is 2.61. The van der Waals surface area contributed by atoms with Gasteiger partial charge in [0.15, 0.2) is 0 Å². The minimum atomic E-state index is -0.340. The van der Waals surface area contributed by atoms with Gasteiger partial charge in [-0.05, 0) is 25.0 Å². The largest absolute Gasteiger partial charge is 0.205 e. The van der Waals surface area contributed by atoms with Gasteiger partial charge >= 0.3 is 0 Å². The van der Waals surface area contributed by atoms with Crippen molar-refractivity contribution in [2.24, 2.45) is 0 Å². The highest BCUT2D eigenvalue weighted by Crippen LogP contribution is 2.30. The van der Waals surface area contributed by atoms with Gasteiger partial charge in [0.2, 0.25) is 0 Å². The molecule has 0 atom stereocenters. The van der Waals surface area contributed by atoms with Crippen molar-refractivity contribution in [2.45, 2.75) is 13.8 Å². The maximum absolute atomic E-state index is 13.9. The Morgan fingerprint density at radius 1 is 1.06 bits per heavy atom. The molecule has 2 aromatic carbocycles. The van der Waals surface area contributed by atoms with E-state index in [0.717, 1.165) is 16.7 Å². The van der Waals surface area contributed by atoms with Crippen LogP contribution in [-0.4, -0.2) is 0 Å². The van der Waals surface area contributed by atoms with E-state index in [2.05, 4.69) is 0 Å². The second kappa shape index (κ2) is 4.26. The van der Waals surface area contributed by atoms with Gasteiger partial charge in [0.05, 0.1) is 5.02 Å². The van der Waals surface area contributed by atoms with Crippen LogP contribution in [0.5, 0.6) is 0 Å². The zero-order valence-corrected chi connectivity index (χ0v) is 9.98. The molecule has 2 heteroatoms. The lowest BCUT2D eigenvalue weighted by atomic mass is 10.0. The summed E-state index contributed by atoms with van der Waals surface area (Å²) in [5.41, 5.74) is 3.28. The SMILES string of the molecule is Cc1cccc(-c2ccc(C)c(Cl)c2F)c1. The van der Waals surface area contributed by atoms with Crippen LogP contribution in [-0.2, 0) is 0 Å². The number of rotatable bonds is 1. The molecule has 82 valence electrons. The summed E-state index contributed by atoms with van der Waals surface area (Å²) in [6, 6.07) is 11.3. The van der Waals surface area contributed by atoms with Crippen molar-refractivity contribution in [1.29, 1.82) is 0 Å². The third kappa shape index (κ3) is 1.96. The van der Waals surface area contributed by atoms with Crippen molar-refractivity contribution in [1.82, 2.24) is 0 Å². The van der Waals surface area contributed by atoms with Crippen LogP contribution in [0.2, 0.25) is 5.02 Å². The summed E-state index contributed by atoms with van der Waals surface area (Å²) in [5, 5.41) is 0.207. The molecule has 16 heavy (non-hydrogen) atoms. The van der Waals surface area contributed by atoms with Crippen LogP contribution in [0.4, 0.5) is 4.39 Å². The maximum atomic E-state index is 13.9. The average molecular weight is 235 g/mol. The van der Waals surface area contributed by atoms with Crippen molar-refractivity contribution in [3.05, 3.63) is 58.4 Å². The minimum absolute atomic E-state index is 0.207. The smallest absolute Gasteiger partial charge is 0.149 e. The molecule has 0 amide bonds. The fraction of sp³-hybridized carbons (Fsp3) is 0.143. The molecule has 0 saturated carbocycles. The van der Waals surface area contributed by atoms with Gasteiger partial charge in [0.1, 0.15) is 5.82 Å². The molecule has 0 aliphatic carbocycles. The first kappa shape index (κ1) is 11.2. The van der Waals surface area contributed by atoms with Crippen molar-refractivity contribution >= 4 is 11.6 Å². The van der Waals surface area contributed by atoms with Crippen molar-refractivity contribution in [3.8, 4) is 11.1 Å². The number of halogens is 2. The predicted molar refractivity (Wildman–Crippen MR) is 66.3 cm³/mol. The van der Waals surface area contributed by atoms with E-state index in [1.165, 1.54) is 0 Å². The predicted octanol–water partition coefficient (Wildman–Crippen LogP) is 4.76. The van der Waals surface area contributed by atoms with Gasteiger partial charge in [0, 0.05) is 5.56 Å². The molecular weight excluding hydrogens is 223 g/mol. The van der Waals surface area contributed by atoms with Gasteiger partial charge < -0.3 is 0 Å². The molecule has 0 saturated heterocycles. The molecule has 0 heterocycles. The summed E-state index contributed by atoms with van der Waals surface area (Å²) in [6.45, 7) is 3.78. The van der Waals surface area contributed by atoms with Crippen molar-refractivity contribution in [3.63, 3.8) is 0 Å². The van der Waals surface area contributed by atoms with Crippen LogP contribution in [0.15, 0.2) is 36.4 Å². The molecule has 0 N–H and O–H groups in total. The summed E-state index contributed by atoms with van der Waals surface area (Å²) < 4.78 is 13.9. The first-order valence-electron chi connectivity index (χ1n) is 5.11. The number of aryl methyl sites for hydroxylation is 2. The third-order valence-electron chi connectivity index (χ3n) is 2.60. The summed E-state index contributed by atoms with van der Waals surface area (Å²) in [5.74, 6) is -0.340. The standard InChI is InChI=1S/C14H12ClF/c1-9-4-3-5-11(8-9)12-7-6-10(2)13(15)14(12)16/h3-8H,1-2H3. The Morgan fingerprint density at radius 3 is 2.50 bits per heavy atom. The Bertz CT molecular complexity index is 532. The van der Waals surface area contributed by atoms with Crippen molar-refractivity contribution < 1.29 is 4.39 Å². The van der Waals surface area contributed by atoms with Crippen LogP contribution in [0.1, 0.15) is 11.1 Å². The number of hydrogen-bond acceptors (Lipinski definition) is 0. The summed E-state index contributed by atoms with van der Waals surface area (Å²) >= 11 is 5.90. The van der Waals surface area contributed by atoms with Gasteiger partial charge in [-0.15, -0.1) is 0 Å². The fourth-order valence-electron chi connectivity index (χ4n) is 1.68. The third-order valence-corrected chi connectivity index (χ3v) is 3.07. The normalized spacial score (nSPS) is 10.5. The number of hydrogen-bond donors (Lipinski definition) is 0. The van der Waals surface area contributed by atoms with Gasteiger partial charge in [-0.1, -0.05) is 53.6 Å². The van der Waals surface area contributed by atoms with E-state index >= 15 is 0 Å². The van der Waals surface area contributed by atoms with E-state index in [0.29, 0.717) is 5.56 Å². The summed E-state index contributed by atoms with van der Waals surface area (Å²) in [6.07, 6.45) is 0. The minimum Gasteiger partial charge on any atom is -0.205 e. The average Bonchev–Trinajstić information content (AvgIpc) is 2.26. The van der Waals surface area contributed by atoms with Gasteiger partial charge in [0.25, 0.3) is 0 Å². The summed E-state index contributed by atoms with van der Waals surface area (Å²) in [7, 11) is 0. The zero-order chi connectivity index (χ0) is 11.7. The highest BCUT2D eigenvalue weighted by atomic mass is 35.5. The second-order valence-electron chi connectivity index (χ2n) is 3.93. The number of benzene rings is 2. The van der Waals surface area contributed by atoms with Gasteiger partial charge in [-0.3, -0.25) is 0 Å². The van der Waals surface area contributed by atoms with E-state index in [1.54, 1.807) is 13.0 Å². The highest BCUT2D eigenvalue weighted by Gasteiger charge is 2.10. The molecule has 0 aliphatic heterocycles. The lowest BCUT2D eigenvalue weighted by molar-refractivity contribution is 0.630. The molecule has 0 aliphatic rings. The van der Waals surface area contributed by atoms with Crippen LogP contribution in [0, 0.1) is 19.7 Å². The molecule has 0 aromatic heterocycles. The first-order valence-corrected chi connectivity index (χ1v) is 5.49. The molecule has 2 aromatic rings. The monoisotopic (exact) mass is 234 g/mol. The maximum Gasteiger partial charge on any atom is 0.149 e. The van der Waals surface area contributed by atoms with Gasteiger partial charge in [-0.25, -0.2) is 4.39 Å². The molecule has 0 spiro atoms. The molecule has 0 unspecified atom stereocenters. The zero-order valence-electron chi connectivity index (χ0n) is 9.22. The Labute approximate surface area is 99.7 Å². The quantitative estimate of drug-likeness (QED) is 0.667. The Morgan fingerprint density at radius 2 is 1.81 bits per heavy atom. The van der Waals surface area contributed by atoms with Crippen molar-refractivity contribution in [2.75, 3.05) is 0 Å².